The Balaban J connectivity index is 0.771. The minimum Gasteiger partial charge on any atom is -0.489 e. The molecule has 12 rings (SSSR count). The van der Waals surface area contributed by atoms with Gasteiger partial charge in [0.15, 0.2) is 0 Å². The Kier molecular flexibility index (Phi) is 13.7. The minimum atomic E-state index is 0.519. The second-order valence-electron chi connectivity index (χ2n) is 19.6. The van der Waals surface area contributed by atoms with Crippen LogP contribution in [0.3, 0.4) is 0 Å². The molecule has 75 heavy (non-hydrogen) atoms. The molecule has 10 aromatic carbocycles. The molecule has 0 spiro atoms. The van der Waals surface area contributed by atoms with Crippen molar-refractivity contribution in [3.05, 3.63) is 299 Å². The number of para-hydroxylation sites is 2. The van der Waals surface area contributed by atoms with Crippen molar-refractivity contribution in [3.63, 3.8) is 0 Å². The Labute approximate surface area is 442 Å². The molecular weight excluding hydrogens is 911 g/mol. The molecule has 0 radical (unpaired) electrons. The standard InChI is InChI=1S/C71H59N3O/c1-4-12-57(13-5-1)52-75-71-48-46-68(47-49-71)72(64-36-26-53(27-37-64)22-24-55-30-40-66(41-31-55)73(62-18-6-2-7-19-62)69-44-34-58-14-10-16-60(58)50-69)65-38-28-54(29-39-65)23-25-56-32-42-67(43-33-56)74(63-20-8-3-9-21-63)70-45-35-59-15-11-17-61(59)51-70/h1-9,12-13,18-51H,10-11,14-17,52H2/b24-22+,25-23+. The fourth-order valence-corrected chi connectivity index (χ4v) is 10.6. The largest absolute Gasteiger partial charge is 0.489 e. The molecule has 2 aliphatic carbocycles. The van der Waals surface area contributed by atoms with Crippen LogP contribution < -0.4 is 19.4 Å². The smallest absolute Gasteiger partial charge is 0.119 e. The quantitative estimate of drug-likeness (QED) is 0.0898. The zero-order valence-corrected chi connectivity index (χ0v) is 42.2. The van der Waals surface area contributed by atoms with Crippen LogP contribution in [0, 0.1) is 0 Å². The van der Waals surface area contributed by atoms with E-state index in [1.54, 1.807) is 0 Å². The van der Waals surface area contributed by atoms with Gasteiger partial charge < -0.3 is 19.4 Å². The molecule has 0 fully saturated rings. The summed E-state index contributed by atoms with van der Waals surface area (Å²) in [7, 11) is 0. The van der Waals surface area contributed by atoms with E-state index in [4.69, 9.17) is 4.74 Å². The first-order valence-electron chi connectivity index (χ1n) is 26.4. The molecule has 0 N–H and O–H groups in total. The van der Waals surface area contributed by atoms with Crippen molar-refractivity contribution in [2.75, 3.05) is 14.7 Å². The molecular formula is C71H59N3O. The lowest BCUT2D eigenvalue weighted by Gasteiger charge is -2.26. The van der Waals surface area contributed by atoms with E-state index in [-0.39, 0.29) is 0 Å². The van der Waals surface area contributed by atoms with Crippen LogP contribution in [0.25, 0.3) is 24.3 Å². The van der Waals surface area contributed by atoms with E-state index in [0.29, 0.717) is 6.61 Å². The van der Waals surface area contributed by atoms with Gasteiger partial charge in [-0.05, 0) is 210 Å². The van der Waals surface area contributed by atoms with E-state index in [0.717, 1.165) is 86.2 Å². The molecule has 0 aromatic heterocycles. The first-order valence-corrected chi connectivity index (χ1v) is 26.4. The van der Waals surface area contributed by atoms with Gasteiger partial charge in [-0.2, -0.15) is 0 Å². The van der Waals surface area contributed by atoms with E-state index in [2.05, 4.69) is 270 Å². The monoisotopic (exact) mass is 969 g/mol. The van der Waals surface area contributed by atoms with E-state index >= 15 is 0 Å². The first-order chi connectivity index (χ1) is 37.1. The van der Waals surface area contributed by atoms with Crippen molar-refractivity contribution in [2.24, 2.45) is 0 Å². The molecule has 0 atom stereocenters. The van der Waals surface area contributed by atoms with Gasteiger partial charge in [0, 0.05) is 51.2 Å². The average Bonchev–Trinajstić information content (AvgIpc) is 4.16. The second-order valence-corrected chi connectivity index (χ2v) is 19.6. The maximum absolute atomic E-state index is 6.20. The predicted molar refractivity (Wildman–Crippen MR) is 316 cm³/mol. The number of ether oxygens (including phenoxy) is 1. The van der Waals surface area contributed by atoms with Crippen molar-refractivity contribution < 1.29 is 4.74 Å². The molecule has 10 aromatic rings. The lowest BCUT2D eigenvalue weighted by atomic mass is 10.1. The zero-order valence-electron chi connectivity index (χ0n) is 42.2. The molecule has 0 amide bonds. The zero-order chi connectivity index (χ0) is 50.2. The molecule has 364 valence electrons. The number of rotatable bonds is 16. The fourth-order valence-electron chi connectivity index (χ4n) is 10.6. The number of nitrogens with zero attached hydrogens (tertiary/aromatic N) is 3. The highest BCUT2D eigenvalue weighted by Gasteiger charge is 2.19. The topological polar surface area (TPSA) is 19.0 Å². The third-order valence-corrected chi connectivity index (χ3v) is 14.6. The number of hydrogen-bond donors (Lipinski definition) is 0. The summed E-state index contributed by atoms with van der Waals surface area (Å²) in [5.74, 6) is 0.830. The van der Waals surface area contributed by atoms with Crippen molar-refractivity contribution in [3.8, 4) is 5.75 Å². The summed E-state index contributed by atoms with van der Waals surface area (Å²) in [6, 6.07) is 89.4. The van der Waals surface area contributed by atoms with Crippen LogP contribution in [0.15, 0.2) is 249 Å². The minimum absolute atomic E-state index is 0.519. The van der Waals surface area contributed by atoms with E-state index in [1.807, 2.05) is 18.2 Å². The van der Waals surface area contributed by atoms with E-state index < -0.39 is 0 Å². The number of aryl methyl sites for hydroxylation is 4. The van der Waals surface area contributed by atoms with Crippen LogP contribution in [0.2, 0.25) is 0 Å². The van der Waals surface area contributed by atoms with Gasteiger partial charge in [0.25, 0.3) is 0 Å². The number of benzene rings is 10. The third-order valence-electron chi connectivity index (χ3n) is 14.6. The normalized spacial score (nSPS) is 12.7. The summed E-state index contributed by atoms with van der Waals surface area (Å²) in [6.45, 7) is 0.519. The molecule has 0 unspecified atom stereocenters. The first kappa shape index (κ1) is 46.9. The Morgan fingerprint density at radius 2 is 0.573 bits per heavy atom. The summed E-state index contributed by atoms with van der Waals surface area (Å²) in [6.07, 6.45) is 15.9. The summed E-state index contributed by atoms with van der Waals surface area (Å²) in [4.78, 5) is 7.03. The van der Waals surface area contributed by atoms with Crippen molar-refractivity contribution in [1.82, 2.24) is 0 Å². The van der Waals surface area contributed by atoms with Crippen molar-refractivity contribution in [1.29, 1.82) is 0 Å². The highest BCUT2D eigenvalue weighted by molar-refractivity contribution is 5.83. The van der Waals surface area contributed by atoms with Crippen LogP contribution in [-0.2, 0) is 32.3 Å². The average molecular weight is 970 g/mol. The van der Waals surface area contributed by atoms with Gasteiger partial charge in [0.1, 0.15) is 12.4 Å². The highest BCUT2D eigenvalue weighted by Crippen LogP contribution is 2.40. The van der Waals surface area contributed by atoms with Gasteiger partial charge >= 0.3 is 0 Å². The lowest BCUT2D eigenvalue weighted by Crippen LogP contribution is -2.10. The number of fused-ring (bicyclic) bond motifs is 2. The summed E-state index contributed by atoms with van der Waals surface area (Å²) < 4.78 is 6.20. The Morgan fingerprint density at radius 3 is 0.947 bits per heavy atom. The van der Waals surface area contributed by atoms with Crippen molar-refractivity contribution >= 4 is 75.5 Å². The van der Waals surface area contributed by atoms with Gasteiger partial charge in [-0.25, -0.2) is 0 Å². The third kappa shape index (κ3) is 10.8. The van der Waals surface area contributed by atoms with Gasteiger partial charge in [0.2, 0.25) is 0 Å². The summed E-state index contributed by atoms with van der Waals surface area (Å²) in [5.41, 5.74) is 21.8. The Bertz CT molecular complexity index is 3350. The van der Waals surface area contributed by atoms with Crippen LogP contribution in [0.1, 0.15) is 62.9 Å². The second kappa shape index (κ2) is 21.9. The number of anilines is 9. The van der Waals surface area contributed by atoms with Gasteiger partial charge in [-0.3, -0.25) is 0 Å². The lowest BCUT2D eigenvalue weighted by molar-refractivity contribution is 0.306. The summed E-state index contributed by atoms with van der Waals surface area (Å²) in [5, 5.41) is 0. The molecule has 0 bridgehead atoms. The van der Waals surface area contributed by atoms with Crippen LogP contribution >= 0.6 is 0 Å². The SMILES string of the molecule is C(=C\c1ccc(N(c2ccccc2)c2ccc3c(c2)CCC3)cc1)/c1ccc(N(c2ccc(/C=C/c3ccc(N(c4ccccc4)c4ccc5c(c4)CCC5)cc3)cc2)c2ccc(OCc3ccccc3)cc2)cc1. The Hall–Kier alpha value is -9.12. The molecule has 4 heteroatoms. The van der Waals surface area contributed by atoms with Crippen molar-refractivity contribution in [2.45, 2.75) is 45.1 Å². The predicted octanol–water partition coefficient (Wildman–Crippen LogP) is 19.0. The van der Waals surface area contributed by atoms with Crippen LogP contribution in [0.4, 0.5) is 51.2 Å². The highest BCUT2D eigenvalue weighted by atomic mass is 16.5. The van der Waals surface area contributed by atoms with E-state index in [1.165, 1.54) is 59.3 Å². The van der Waals surface area contributed by atoms with Crippen LogP contribution in [0.5, 0.6) is 5.75 Å². The van der Waals surface area contributed by atoms with Gasteiger partial charge in [0.05, 0.1) is 0 Å². The molecule has 0 saturated heterocycles. The molecule has 0 aliphatic heterocycles. The van der Waals surface area contributed by atoms with Crippen LogP contribution in [-0.4, -0.2) is 0 Å². The number of hydrogen-bond acceptors (Lipinski definition) is 4. The molecule has 0 saturated carbocycles. The van der Waals surface area contributed by atoms with E-state index in [9.17, 15) is 0 Å². The van der Waals surface area contributed by atoms with Gasteiger partial charge in [-0.15, -0.1) is 0 Å². The molecule has 4 nitrogen and oxygen atoms in total. The maximum Gasteiger partial charge on any atom is 0.119 e. The molecule has 0 heterocycles. The molecule has 2 aliphatic rings. The summed E-state index contributed by atoms with van der Waals surface area (Å²) >= 11 is 0. The van der Waals surface area contributed by atoms with Gasteiger partial charge in [-0.1, -0.05) is 152 Å². The fraction of sp³-hybridized carbons (Fsp3) is 0.0986. The Morgan fingerprint density at radius 1 is 0.280 bits per heavy atom. The maximum atomic E-state index is 6.20.